The van der Waals surface area contributed by atoms with E-state index < -0.39 is 12.7 Å². The summed E-state index contributed by atoms with van der Waals surface area (Å²) in [7, 11) is 0. The number of hydrogen-bond donors (Lipinski definition) is 1. The van der Waals surface area contributed by atoms with Crippen LogP contribution in [0.1, 0.15) is 46.0 Å². The Kier molecular flexibility index (Phi) is 7.15. The highest BCUT2D eigenvalue weighted by molar-refractivity contribution is 4.83. The van der Waals surface area contributed by atoms with Gasteiger partial charge in [-0.2, -0.15) is 13.2 Å². The Bertz CT molecular complexity index is 237. The summed E-state index contributed by atoms with van der Waals surface area (Å²) in [4.78, 5) is 1.52. The molecule has 114 valence electrons. The summed E-state index contributed by atoms with van der Waals surface area (Å²) in [6.45, 7) is 4.96. The lowest BCUT2D eigenvalue weighted by Crippen LogP contribution is -2.47. The second-order valence-electron chi connectivity index (χ2n) is 5.55. The molecular formula is C14H27F3N2. The van der Waals surface area contributed by atoms with Gasteiger partial charge in [0.05, 0.1) is 6.54 Å². The van der Waals surface area contributed by atoms with Crippen molar-refractivity contribution in [2.45, 2.75) is 58.2 Å². The summed E-state index contributed by atoms with van der Waals surface area (Å²) < 4.78 is 37.5. The second-order valence-corrected chi connectivity index (χ2v) is 5.55. The van der Waals surface area contributed by atoms with Crippen molar-refractivity contribution >= 4 is 0 Å². The van der Waals surface area contributed by atoms with Crippen LogP contribution < -0.4 is 5.32 Å². The molecule has 1 fully saturated rings. The number of nitrogens with zero attached hydrogens (tertiary/aromatic N) is 1. The maximum absolute atomic E-state index is 12.5. The highest BCUT2D eigenvalue weighted by Crippen LogP contribution is 2.28. The Balaban J connectivity index is 2.52. The molecule has 0 spiro atoms. The standard InChI is InChI=1S/C14H27F3N2/c1-3-9-18-13(12-7-5-6-8-12)10-19(4-2)11-14(15,16)17/h12-13,18H,3-11H2,1-2H3. The first-order chi connectivity index (χ1) is 8.96. The van der Waals surface area contributed by atoms with E-state index >= 15 is 0 Å². The number of rotatable bonds is 8. The fourth-order valence-corrected chi connectivity index (χ4v) is 2.91. The number of nitrogens with one attached hydrogen (secondary N) is 1. The molecule has 1 saturated carbocycles. The minimum absolute atomic E-state index is 0.213. The smallest absolute Gasteiger partial charge is 0.312 e. The fraction of sp³-hybridized carbons (Fsp3) is 1.00. The van der Waals surface area contributed by atoms with Gasteiger partial charge >= 0.3 is 6.18 Å². The van der Waals surface area contributed by atoms with Crippen molar-refractivity contribution in [2.75, 3.05) is 26.2 Å². The molecule has 0 bridgehead atoms. The molecule has 0 radical (unpaired) electrons. The molecule has 5 heteroatoms. The lowest BCUT2D eigenvalue weighted by Gasteiger charge is -2.31. The summed E-state index contributed by atoms with van der Waals surface area (Å²) in [5.41, 5.74) is 0. The van der Waals surface area contributed by atoms with Crippen LogP contribution in [0.2, 0.25) is 0 Å². The first-order valence-electron chi connectivity index (χ1n) is 7.48. The van der Waals surface area contributed by atoms with E-state index in [1.165, 1.54) is 17.7 Å². The minimum atomic E-state index is -4.10. The number of hydrogen-bond acceptors (Lipinski definition) is 2. The third-order valence-electron chi connectivity index (χ3n) is 3.93. The average molecular weight is 280 g/mol. The molecule has 0 heterocycles. The maximum Gasteiger partial charge on any atom is 0.401 e. The van der Waals surface area contributed by atoms with Crippen molar-refractivity contribution in [3.8, 4) is 0 Å². The summed E-state index contributed by atoms with van der Waals surface area (Å²) in [5.74, 6) is 0.550. The fourth-order valence-electron chi connectivity index (χ4n) is 2.91. The Morgan fingerprint density at radius 3 is 2.32 bits per heavy atom. The highest BCUT2D eigenvalue weighted by Gasteiger charge is 2.32. The van der Waals surface area contributed by atoms with Gasteiger partial charge in [0.25, 0.3) is 0 Å². The van der Waals surface area contributed by atoms with Crippen LogP contribution in [0, 0.1) is 5.92 Å². The molecule has 1 atom stereocenters. The SMILES string of the molecule is CCCNC(CN(CC)CC(F)(F)F)C1CCCC1. The Labute approximate surface area is 114 Å². The molecule has 1 N–H and O–H groups in total. The molecule has 1 rings (SSSR count). The highest BCUT2D eigenvalue weighted by atomic mass is 19.4. The van der Waals surface area contributed by atoms with Crippen LogP contribution in [-0.2, 0) is 0 Å². The molecule has 2 nitrogen and oxygen atoms in total. The van der Waals surface area contributed by atoms with Gasteiger partial charge in [0.2, 0.25) is 0 Å². The zero-order chi connectivity index (χ0) is 14.3. The van der Waals surface area contributed by atoms with Crippen molar-refractivity contribution < 1.29 is 13.2 Å². The lowest BCUT2D eigenvalue weighted by molar-refractivity contribution is -0.146. The molecule has 0 aromatic heterocycles. The largest absolute Gasteiger partial charge is 0.401 e. The van der Waals surface area contributed by atoms with Crippen LogP contribution in [0.5, 0.6) is 0 Å². The van der Waals surface area contributed by atoms with Crippen molar-refractivity contribution in [1.82, 2.24) is 10.2 Å². The van der Waals surface area contributed by atoms with E-state index in [0.29, 0.717) is 19.0 Å². The summed E-state index contributed by atoms with van der Waals surface area (Å²) in [6, 6.07) is 0.213. The second kappa shape index (κ2) is 8.10. The molecule has 0 aromatic rings. The van der Waals surface area contributed by atoms with Crippen molar-refractivity contribution in [3.63, 3.8) is 0 Å². The van der Waals surface area contributed by atoms with Crippen molar-refractivity contribution in [3.05, 3.63) is 0 Å². The van der Waals surface area contributed by atoms with Gasteiger partial charge in [-0.1, -0.05) is 26.7 Å². The van der Waals surface area contributed by atoms with Crippen molar-refractivity contribution in [2.24, 2.45) is 5.92 Å². The summed E-state index contributed by atoms with van der Waals surface area (Å²) in [6.07, 6.45) is 1.69. The van der Waals surface area contributed by atoms with Gasteiger partial charge in [-0.25, -0.2) is 0 Å². The van der Waals surface area contributed by atoms with Gasteiger partial charge in [-0.05, 0) is 38.3 Å². The van der Waals surface area contributed by atoms with E-state index in [4.69, 9.17) is 0 Å². The minimum Gasteiger partial charge on any atom is -0.312 e. The summed E-state index contributed by atoms with van der Waals surface area (Å²) in [5, 5.41) is 3.45. The molecule has 1 aliphatic rings. The van der Waals surface area contributed by atoms with Gasteiger partial charge in [0.15, 0.2) is 0 Å². The monoisotopic (exact) mass is 280 g/mol. The van der Waals surface area contributed by atoms with Crippen LogP contribution in [0.4, 0.5) is 13.2 Å². The van der Waals surface area contributed by atoms with Gasteiger partial charge in [-0.15, -0.1) is 0 Å². The Hall–Kier alpha value is -0.290. The van der Waals surface area contributed by atoms with Gasteiger partial charge < -0.3 is 5.32 Å². The van der Waals surface area contributed by atoms with Crippen LogP contribution in [0.15, 0.2) is 0 Å². The number of halogens is 3. The first kappa shape index (κ1) is 16.8. The molecule has 1 unspecified atom stereocenters. The van der Waals surface area contributed by atoms with Crippen LogP contribution in [0.3, 0.4) is 0 Å². The van der Waals surface area contributed by atoms with E-state index in [1.54, 1.807) is 6.92 Å². The summed E-state index contributed by atoms with van der Waals surface area (Å²) >= 11 is 0. The topological polar surface area (TPSA) is 15.3 Å². The van der Waals surface area contributed by atoms with Crippen LogP contribution in [-0.4, -0.2) is 43.3 Å². The van der Waals surface area contributed by atoms with Gasteiger partial charge in [-0.3, -0.25) is 4.90 Å². The van der Waals surface area contributed by atoms with E-state index in [0.717, 1.165) is 25.8 Å². The number of likely N-dealkylation sites (N-methyl/N-ethyl adjacent to an activating group) is 1. The van der Waals surface area contributed by atoms with E-state index in [2.05, 4.69) is 12.2 Å². The Morgan fingerprint density at radius 1 is 1.21 bits per heavy atom. The molecule has 19 heavy (non-hydrogen) atoms. The lowest BCUT2D eigenvalue weighted by atomic mass is 9.97. The van der Waals surface area contributed by atoms with E-state index in [-0.39, 0.29) is 6.04 Å². The molecule has 0 amide bonds. The van der Waals surface area contributed by atoms with E-state index in [9.17, 15) is 13.2 Å². The molecule has 1 aliphatic carbocycles. The third kappa shape index (κ3) is 6.61. The predicted molar refractivity (Wildman–Crippen MR) is 72.2 cm³/mol. The quantitative estimate of drug-likeness (QED) is 0.733. The van der Waals surface area contributed by atoms with Crippen LogP contribution >= 0.6 is 0 Å². The van der Waals surface area contributed by atoms with Gasteiger partial charge in [0, 0.05) is 12.6 Å². The molecule has 0 aromatic carbocycles. The maximum atomic E-state index is 12.5. The molecular weight excluding hydrogens is 253 g/mol. The predicted octanol–water partition coefficient (Wildman–Crippen LogP) is 3.43. The average Bonchev–Trinajstić information content (AvgIpc) is 2.85. The zero-order valence-electron chi connectivity index (χ0n) is 12.1. The molecule has 0 saturated heterocycles. The number of alkyl halides is 3. The van der Waals surface area contributed by atoms with Crippen molar-refractivity contribution in [1.29, 1.82) is 0 Å². The van der Waals surface area contributed by atoms with E-state index in [1.807, 2.05) is 0 Å². The molecule has 0 aliphatic heterocycles. The Morgan fingerprint density at radius 2 is 1.84 bits per heavy atom. The normalized spacial score (nSPS) is 19.3. The third-order valence-corrected chi connectivity index (χ3v) is 3.93. The van der Waals surface area contributed by atoms with Gasteiger partial charge in [0.1, 0.15) is 0 Å². The first-order valence-corrected chi connectivity index (χ1v) is 7.48. The van der Waals surface area contributed by atoms with Crippen LogP contribution in [0.25, 0.3) is 0 Å². The zero-order valence-corrected chi connectivity index (χ0v) is 12.1.